The largest absolute Gasteiger partial charge is 0.495 e. The fourth-order valence-corrected chi connectivity index (χ4v) is 4.06. The quantitative estimate of drug-likeness (QED) is 0.819. The van der Waals surface area contributed by atoms with Gasteiger partial charge in [0.25, 0.3) is 0 Å². The summed E-state index contributed by atoms with van der Waals surface area (Å²) < 4.78 is 33.2. The molecule has 1 N–H and O–H groups in total. The van der Waals surface area contributed by atoms with Crippen molar-refractivity contribution in [1.29, 1.82) is 5.26 Å². The molecule has 1 aromatic rings. The van der Waals surface area contributed by atoms with Gasteiger partial charge in [0.05, 0.1) is 7.11 Å². The zero-order chi connectivity index (χ0) is 14.8. The highest BCUT2D eigenvalue weighted by atomic mass is 79.9. The van der Waals surface area contributed by atoms with Gasteiger partial charge in [-0.1, -0.05) is 15.9 Å². The maximum Gasteiger partial charge on any atom is 0.244 e. The predicted octanol–water partition coefficient (Wildman–Crippen LogP) is 1.29. The van der Waals surface area contributed by atoms with Gasteiger partial charge in [-0.15, -0.1) is 0 Å². The fourth-order valence-electron chi connectivity index (χ4n) is 2.09. The minimum Gasteiger partial charge on any atom is -0.495 e. The van der Waals surface area contributed by atoms with Crippen molar-refractivity contribution in [2.75, 3.05) is 20.2 Å². The van der Waals surface area contributed by atoms with Crippen molar-refractivity contribution in [3.63, 3.8) is 0 Å². The number of nitrogens with zero attached hydrogens (tertiary/aromatic N) is 2. The number of hydrogen-bond donors (Lipinski definition) is 1. The highest BCUT2D eigenvalue weighted by Gasteiger charge is 2.28. The van der Waals surface area contributed by atoms with Crippen LogP contribution in [0.15, 0.2) is 27.6 Å². The summed E-state index contributed by atoms with van der Waals surface area (Å²) >= 11 is 3.25. The third-order valence-corrected chi connectivity index (χ3v) is 5.10. The molecule has 2 rings (SSSR count). The second kappa shape index (κ2) is 5.99. The Kier molecular flexibility index (Phi) is 4.52. The maximum atomic E-state index is 12.4. The number of nitriles is 1. The summed E-state index contributed by atoms with van der Waals surface area (Å²) in [5.74, 6) is 0.288. The molecule has 1 aliphatic heterocycles. The first-order valence-corrected chi connectivity index (χ1v) is 8.24. The van der Waals surface area contributed by atoms with E-state index in [-0.39, 0.29) is 16.7 Å². The lowest BCUT2D eigenvalue weighted by molar-refractivity contribution is 0.401. The Morgan fingerprint density at radius 3 is 2.90 bits per heavy atom. The molecule has 1 atom stereocenters. The Hall–Kier alpha value is -1.30. The van der Waals surface area contributed by atoms with E-state index in [0.29, 0.717) is 24.0 Å². The van der Waals surface area contributed by atoms with Crippen LogP contribution >= 0.6 is 15.9 Å². The molecule has 108 valence electrons. The molecule has 8 heteroatoms. The second-order valence-electron chi connectivity index (χ2n) is 4.45. The average molecular weight is 360 g/mol. The van der Waals surface area contributed by atoms with Crippen molar-refractivity contribution in [3.05, 3.63) is 22.7 Å². The third kappa shape index (κ3) is 3.23. The van der Waals surface area contributed by atoms with Crippen LogP contribution in [0.3, 0.4) is 0 Å². The number of benzene rings is 1. The second-order valence-corrected chi connectivity index (χ2v) is 7.05. The Morgan fingerprint density at radius 1 is 1.55 bits per heavy atom. The van der Waals surface area contributed by atoms with Crippen LogP contribution in [0.4, 0.5) is 0 Å². The molecule has 0 spiro atoms. The molecule has 1 aromatic carbocycles. The van der Waals surface area contributed by atoms with Crippen LogP contribution in [-0.2, 0) is 10.0 Å². The minimum atomic E-state index is -3.68. The standard InChI is InChI=1S/C12H14BrN3O3S/c1-19-11-3-2-9(13)6-12(11)20(17,18)15-10-4-5-16(7-10)8-14/h2-3,6,10,15H,4-5,7H2,1H3/t10-/m1/s1. The Balaban J connectivity index is 2.23. The van der Waals surface area contributed by atoms with E-state index in [1.54, 1.807) is 12.1 Å². The van der Waals surface area contributed by atoms with Gasteiger partial charge in [0.1, 0.15) is 10.6 Å². The summed E-state index contributed by atoms with van der Waals surface area (Å²) in [5, 5.41) is 8.79. The molecule has 0 aromatic heterocycles. The molecule has 1 fully saturated rings. The zero-order valence-electron chi connectivity index (χ0n) is 10.8. The number of nitrogens with one attached hydrogen (secondary N) is 1. The van der Waals surface area contributed by atoms with Crippen LogP contribution in [0.25, 0.3) is 0 Å². The van der Waals surface area contributed by atoms with Crippen molar-refractivity contribution in [1.82, 2.24) is 9.62 Å². The summed E-state index contributed by atoms with van der Waals surface area (Å²) in [5.41, 5.74) is 0. The Labute approximate surface area is 126 Å². The maximum absolute atomic E-state index is 12.4. The van der Waals surface area contributed by atoms with E-state index in [1.807, 2.05) is 6.19 Å². The van der Waals surface area contributed by atoms with Gasteiger partial charge in [-0.05, 0) is 24.6 Å². The molecular weight excluding hydrogens is 346 g/mol. The summed E-state index contributed by atoms with van der Waals surface area (Å²) in [4.78, 5) is 1.62. The number of sulfonamides is 1. The molecule has 20 heavy (non-hydrogen) atoms. The summed E-state index contributed by atoms with van der Waals surface area (Å²) in [6, 6.07) is 4.54. The van der Waals surface area contributed by atoms with Gasteiger partial charge in [-0.3, -0.25) is 0 Å². The van der Waals surface area contributed by atoms with E-state index >= 15 is 0 Å². The molecule has 0 bridgehead atoms. The normalized spacial score (nSPS) is 18.9. The molecule has 0 radical (unpaired) electrons. The summed E-state index contributed by atoms with van der Waals surface area (Å²) in [7, 11) is -2.26. The number of hydrogen-bond acceptors (Lipinski definition) is 5. The molecule has 1 heterocycles. The molecular formula is C12H14BrN3O3S. The lowest BCUT2D eigenvalue weighted by atomic mass is 10.3. The van der Waals surface area contributed by atoms with Crippen molar-refractivity contribution in [3.8, 4) is 11.9 Å². The first kappa shape index (κ1) is 15.1. The van der Waals surface area contributed by atoms with Gasteiger partial charge in [-0.25, -0.2) is 13.1 Å². The molecule has 6 nitrogen and oxygen atoms in total. The Bertz CT molecular complexity index is 642. The topological polar surface area (TPSA) is 82.4 Å². The van der Waals surface area contributed by atoms with E-state index < -0.39 is 10.0 Å². The van der Waals surface area contributed by atoms with E-state index in [4.69, 9.17) is 10.00 Å². The first-order chi connectivity index (χ1) is 9.46. The number of methoxy groups -OCH3 is 1. The van der Waals surface area contributed by atoms with E-state index in [9.17, 15) is 8.42 Å². The number of likely N-dealkylation sites (tertiary alicyclic amines) is 1. The SMILES string of the molecule is COc1ccc(Br)cc1S(=O)(=O)N[C@@H]1CCN(C#N)C1. The monoisotopic (exact) mass is 359 g/mol. The summed E-state index contributed by atoms with van der Waals surface area (Å²) in [6.07, 6.45) is 2.63. The summed E-state index contributed by atoms with van der Waals surface area (Å²) in [6.45, 7) is 0.964. The van der Waals surface area contributed by atoms with Crippen molar-refractivity contribution in [2.24, 2.45) is 0 Å². The average Bonchev–Trinajstić information content (AvgIpc) is 2.85. The smallest absolute Gasteiger partial charge is 0.244 e. The predicted molar refractivity (Wildman–Crippen MR) is 76.6 cm³/mol. The first-order valence-electron chi connectivity index (χ1n) is 5.97. The van der Waals surface area contributed by atoms with Crippen LogP contribution < -0.4 is 9.46 Å². The van der Waals surface area contributed by atoms with Crippen LogP contribution in [0.5, 0.6) is 5.75 Å². The lowest BCUT2D eigenvalue weighted by Gasteiger charge is -2.15. The molecule has 1 aliphatic rings. The van der Waals surface area contributed by atoms with Gasteiger partial charge in [0.2, 0.25) is 10.0 Å². The third-order valence-electron chi connectivity index (χ3n) is 3.07. The number of rotatable bonds is 4. The van der Waals surface area contributed by atoms with Crippen LogP contribution in [-0.4, -0.2) is 39.6 Å². The van der Waals surface area contributed by atoms with Gasteiger partial charge in [0.15, 0.2) is 6.19 Å². The van der Waals surface area contributed by atoms with E-state index in [1.165, 1.54) is 18.1 Å². The highest BCUT2D eigenvalue weighted by Crippen LogP contribution is 2.27. The number of halogens is 1. The van der Waals surface area contributed by atoms with Gasteiger partial charge >= 0.3 is 0 Å². The van der Waals surface area contributed by atoms with Crippen LogP contribution in [0, 0.1) is 11.5 Å². The van der Waals surface area contributed by atoms with Crippen LogP contribution in [0.1, 0.15) is 6.42 Å². The fraction of sp³-hybridized carbons (Fsp3) is 0.417. The van der Waals surface area contributed by atoms with Crippen molar-refractivity contribution >= 4 is 26.0 Å². The molecule has 0 unspecified atom stereocenters. The van der Waals surface area contributed by atoms with Crippen molar-refractivity contribution in [2.45, 2.75) is 17.4 Å². The van der Waals surface area contributed by atoms with Crippen molar-refractivity contribution < 1.29 is 13.2 Å². The Morgan fingerprint density at radius 2 is 2.30 bits per heavy atom. The highest BCUT2D eigenvalue weighted by molar-refractivity contribution is 9.10. The lowest BCUT2D eigenvalue weighted by Crippen LogP contribution is -2.36. The molecule has 1 saturated heterocycles. The van der Waals surface area contributed by atoms with E-state index in [0.717, 1.165) is 0 Å². The molecule has 0 amide bonds. The molecule has 0 aliphatic carbocycles. The van der Waals surface area contributed by atoms with Gasteiger partial charge in [0, 0.05) is 23.6 Å². The molecule has 0 saturated carbocycles. The van der Waals surface area contributed by atoms with Gasteiger partial charge in [-0.2, -0.15) is 5.26 Å². The zero-order valence-corrected chi connectivity index (χ0v) is 13.2. The minimum absolute atomic E-state index is 0.0878. The van der Waals surface area contributed by atoms with Crippen LogP contribution in [0.2, 0.25) is 0 Å². The number of ether oxygens (including phenoxy) is 1. The van der Waals surface area contributed by atoms with Gasteiger partial charge < -0.3 is 9.64 Å². The van der Waals surface area contributed by atoms with E-state index in [2.05, 4.69) is 20.7 Å².